The van der Waals surface area contributed by atoms with E-state index in [0.717, 1.165) is 61.1 Å². The molecule has 35 heavy (non-hydrogen) atoms. The van der Waals surface area contributed by atoms with Gasteiger partial charge in [-0.2, -0.15) is 0 Å². The van der Waals surface area contributed by atoms with Crippen molar-refractivity contribution < 1.29 is 18.9 Å². The van der Waals surface area contributed by atoms with Crippen molar-refractivity contribution in [2.45, 2.75) is 59.9 Å². The van der Waals surface area contributed by atoms with Crippen molar-refractivity contribution in [1.29, 1.82) is 0 Å². The lowest BCUT2D eigenvalue weighted by atomic mass is 9.94. The zero-order chi connectivity index (χ0) is 24.9. The largest absolute Gasteiger partial charge is 0.379 e. The normalized spacial score (nSPS) is 12.2. The minimum atomic E-state index is -0.0550. The molecular weight excluding hydrogens is 442 g/mol. The van der Waals surface area contributed by atoms with Crippen molar-refractivity contribution >= 4 is 21.9 Å². The molecule has 1 aromatic carbocycles. The molecule has 0 saturated carbocycles. The first-order valence-corrected chi connectivity index (χ1v) is 13.1. The maximum atomic E-state index is 6.01. The third-order valence-corrected chi connectivity index (χ3v) is 5.86. The van der Waals surface area contributed by atoms with Gasteiger partial charge in [0.25, 0.3) is 0 Å². The van der Waals surface area contributed by atoms with Crippen LogP contribution < -0.4 is 0 Å². The van der Waals surface area contributed by atoms with E-state index in [1.165, 1.54) is 5.52 Å². The summed E-state index contributed by atoms with van der Waals surface area (Å²) in [5.41, 5.74) is 3.10. The smallest absolute Gasteiger partial charge is 0.109 e. The number of hydrogen-bond acceptors (Lipinski definition) is 6. The molecule has 0 aliphatic carbocycles. The molecule has 0 radical (unpaired) electrons. The van der Waals surface area contributed by atoms with E-state index in [1.807, 2.05) is 12.3 Å². The Morgan fingerprint density at radius 2 is 1.46 bits per heavy atom. The van der Waals surface area contributed by atoms with Crippen LogP contribution in [0.15, 0.2) is 30.5 Å². The summed E-state index contributed by atoms with van der Waals surface area (Å²) in [7, 11) is 0. The molecule has 0 saturated heterocycles. The molecule has 0 atom stereocenters. The first-order valence-electron chi connectivity index (χ1n) is 13.1. The number of hydrogen-bond donors (Lipinski definition) is 0. The van der Waals surface area contributed by atoms with Crippen LogP contribution in [0.4, 0.5) is 0 Å². The highest BCUT2D eigenvalue weighted by atomic mass is 16.6. The highest BCUT2D eigenvalue weighted by Crippen LogP contribution is 2.29. The van der Waals surface area contributed by atoms with Gasteiger partial charge < -0.3 is 23.5 Å². The highest BCUT2D eigenvalue weighted by molar-refractivity contribution is 6.02. The van der Waals surface area contributed by atoms with Gasteiger partial charge in [-0.25, -0.2) is 4.98 Å². The lowest BCUT2D eigenvalue weighted by Gasteiger charge is -2.26. The lowest BCUT2D eigenvalue weighted by molar-refractivity contribution is -0.0146. The standard InChI is InChI=1S/C28H43N3O4/c1-5-7-12-26-30-25-20-29-24-11-9-8-10-23(24)27(25)31(26)21-28(3,4)22-35-19-18-34-17-16-33-15-14-32-13-6-2/h8-11,20H,5-7,12-19,21-22H2,1-4H3. The van der Waals surface area contributed by atoms with Gasteiger partial charge in [0.1, 0.15) is 11.3 Å². The van der Waals surface area contributed by atoms with Crippen molar-refractivity contribution in [1.82, 2.24) is 14.5 Å². The number of nitrogens with zero attached hydrogens (tertiary/aromatic N) is 3. The molecule has 0 spiro atoms. The van der Waals surface area contributed by atoms with Crippen LogP contribution in [0, 0.1) is 5.41 Å². The van der Waals surface area contributed by atoms with Crippen LogP contribution in [0.5, 0.6) is 0 Å². The molecule has 194 valence electrons. The van der Waals surface area contributed by atoms with Crippen LogP contribution in [-0.2, 0) is 31.9 Å². The molecule has 0 unspecified atom stereocenters. The molecule has 3 rings (SSSR count). The Bertz CT molecular complexity index is 1020. The van der Waals surface area contributed by atoms with E-state index in [2.05, 4.69) is 55.4 Å². The number of aromatic nitrogens is 3. The fourth-order valence-electron chi connectivity index (χ4n) is 4.13. The van der Waals surface area contributed by atoms with Crippen molar-refractivity contribution in [2.75, 3.05) is 52.9 Å². The van der Waals surface area contributed by atoms with Crippen LogP contribution in [-0.4, -0.2) is 67.4 Å². The van der Waals surface area contributed by atoms with E-state index in [4.69, 9.17) is 23.9 Å². The Kier molecular flexibility index (Phi) is 11.4. The SMILES string of the molecule is CCCCc1nc2cnc3ccccc3c2n1CC(C)(C)COCCOCCOCCOCCC. The minimum absolute atomic E-state index is 0.0550. The third-order valence-electron chi connectivity index (χ3n) is 5.86. The average Bonchev–Trinajstić information content (AvgIpc) is 3.20. The maximum absolute atomic E-state index is 6.01. The van der Waals surface area contributed by atoms with E-state index in [0.29, 0.717) is 46.2 Å². The second-order valence-corrected chi connectivity index (χ2v) is 9.78. The van der Waals surface area contributed by atoms with Crippen LogP contribution >= 0.6 is 0 Å². The molecule has 2 aromatic heterocycles. The summed E-state index contributed by atoms with van der Waals surface area (Å²) in [4.78, 5) is 9.59. The molecule has 7 heteroatoms. The first-order chi connectivity index (χ1) is 17.1. The van der Waals surface area contributed by atoms with Gasteiger partial charge in [0.05, 0.1) is 63.5 Å². The van der Waals surface area contributed by atoms with E-state index < -0.39 is 0 Å². The monoisotopic (exact) mass is 485 g/mol. The molecule has 3 aromatic rings. The number of para-hydroxylation sites is 1. The molecule has 0 aliphatic heterocycles. The Hall–Kier alpha value is -2.06. The van der Waals surface area contributed by atoms with Gasteiger partial charge in [-0.05, 0) is 18.9 Å². The minimum Gasteiger partial charge on any atom is -0.379 e. The highest BCUT2D eigenvalue weighted by Gasteiger charge is 2.23. The van der Waals surface area contributed by atoms with Crippen LogP contribution in [0.3, 0.4) is 0 Å². The molecule has 0 aliphatic rings. The predicted molar refractivity (Wildman–Crippen MR) is 141 cm³/mol. The van der Waals surface area contributed by atoms with Gasteiger partial charge in [0.15, 0.2) is 0 Å². The predicted octanol–water partition coefficient (Wildman–Crippen LogP) is 5.43. The zero-order valence-corrected chi connectivity index (χ0v) is 22.1. The van der Waals surface area contributed by atoms with E-state index in [9.17, 15) is 0 Å². The Morgan fingerprint density at radius 1 is 0.800 bits per heavy atom. The number of ether oxygens (including phenoxy) is 4. The Balaban J connectivity index is 1.51. The summed E-state index contributed by atoms with van der Waals surface area (Å²) in [6.07, 6.45) is 6.18. The third kappa shape index (κ3) is 8.53. The number of pyridine rings is 1. The first kappa shape index (κ1) is 27.5. The molecular formula is C28H43N3O4. The van der Waals surface area contributed by atoms with Gasteiger partial charge >= 0.3 is 0 Å². The molecule has 0 amide bonds. The van der Waals surface area contributed by atoms with Crippen LogP contribution in [0.25, 0.3) is 21.9 Å². The van der Waals surface area contributed by atoms with Crippen molar-refractivity contribution in [3.63, 3.8) is 0 Å². The Morgan fingerprint density at radius 3 is 2.14 bits per heavy atom. The van der Waals surface area contributed by atoms with Gasteiger partial charge in [0.2, 0.25) is 0 Å². The van der Waals surface area contributed by atoms with Gasteiger partial charge in [-0.1, -0.05) is 52.3 Å². The summed E-state index contributed by atoms with van der Waals surface area (Å²) in [5, 5.41) is 1.16. The number of imidazole rings is 1. The second kappa shape index (κ2) is 14.5. The fourth-order valence-corrected chi connectivity index (χ4v) is 4.13. The average molecular weight is 486 g/mol. The summed E-state index contributed by atoms with van der Waals surface area (Å²) in [5.74, 6) is 1.14. The fraction of sp³-hybridized carbons (Fsp3) is 0.643. The number of unbranched alkanes of at least 4 members (excludes halogenated alkanes) is 1. The lowest BCUT2D eigenvalue weighted by Crippen LogP contribution is -2.27. The summed E-state index contributed by atoms with van der Waals surface area (Å²) in [6.45, 7) is 14.7. The van der Waals surface area contributed by atoms with E-state index in [1.54, 1.807) is 0 Å². The topological polar surface area (TPSA) is 67.6 Å². The van der Waals surface area contributed by atoms with Gasteiger partial charge in [-0.15, -0.1) is 0 Å². The number of fused-ring (bicyclic) bond motifs is 3. The number of benzene rings is 1. The van der Waals surface area contributed by atoms with Crippen molar-refractivity contribution in [3.05, 3.63) is 36.3 Å². The van der Waals surface area contributed by atoms with Crippen molar-refractivity contribution in [3.8, 4) is 0 Å². The van der Waals surface area contributed by atoms with Gasteiger partial charge in [-0.3, -0.25) is 4.98 Å². The number of rotatable bonds is 18. The molecule has 7 nitrogen and oxygen atoms in total. The summed E-state index contributed by atoms with van der Waals surface area (Å²) >= 11 is 0. The van der Waals surface area contributed by atoms with Crippen LogP contribution in [0.2, 0.25) is 0 Å². The summed E-state index contributed by atoms with van der Waals surface area (Å²) in [6, 6.07) is 8.33. The summed E-state index contributed by atoms with van der Waals surface area (Å²) < 4.78 is 24.9. The Labute approximate surface area is 210 Å². The van der Waals surface area contributed by atoms with Gasteiger partial charge in [0, 0.05) is 30.4 Å². The second-order valence-electron chi connectivity index (χ2n) is 9.78. The molecule has 0 N–H and O–H groups in total. The molecule has 0 fully saturated rings. The van der Waals surface area contributed by atoms with Crippen LogP contribution in [0.1, 0.15) is 52.8 Å². The molecule has 2 heterocycles. The van der Waals surface area contributed by atoms with E-state index in [-0.39, 0.29) is 5.41 Å². The van der Waals surface area contributed by atoms with Crippen molar-refractivity contribution in [2.24, 2.45) is 5.41 Å². The quantitative estimate of drug-likeness (QED) is 0.224. The number of aryl methyl sites for hydroxylation is 1. The maximum Gasteiger partial charge on any atom is 0.109 e. The van der Waals surface area contributed by atoms with E-state index >= 15 is 0 Å². The molecule has 0 bridgehead atoms. The zero-order valence-electron chi connectivity index (χ0n) is 22.1.